The number of alkyl halides is 3. The van der Waals surface area contributed by atoms with Crippen molar-refractivity contribution in [2.45, 2.75) is 57.3 Å². The standard InChI is InChI=1S/C22H31F3N4O2/c1-26-21(27-13-16-8-9-18(31-2)12-19(16)22(23,24)25)28-17-10-11-29(14-17)20(30)15-6-4-3-5-7-15/h8-9,12,15,17H,3-7,10-11,13-14H2,1-2H3,(H2,26,27,28). The molecule has 2 fully saturated rings. The van der Waals surface area contributed by atoms with Crippen LogP contribution in [0.25, 0.3) is 0 Å². The molecule has 0 radical (unpaired) electrons. The summed E-state index contributed by atoms with van der Waals surface area (Å²) >= 11 is 0. The maximum absolute atomic E-state index is 13.4. The molecule has 0 aromatic heterocycles. The van der Waals surface area contributed by atoms with Gasteiger partial charge in [0.2, 0.25) is 5.91 Å². The highest BCUT2D eigenvalue weighted by Crippen LogP contribution is 2.34. The molecule has 1 aromatic rings. The summed E-state index contributed by atoms with van der Waals surface area (Å²) in [5.41, 5.74) is -0.628. The number of likely N-dealkylation sites (tertiary alicyclic amines) is 1. The lowest BCUT2D eigenvalue weighted by Gasteiger charge is -2.26. The van der Waals surface area contributed by atoms with Gasteiger partial charge in [-0.3, -0.25) is 9.79 Å². The van der Waals surface area contributed by atoms with Gasteiger partial charge in [0.25, 0.3) is 0 Å². The Bertz CT molecular complexity index is 791. The number of carbonyl (C=O) groups is 1. The number of nitrogens with zero attached hydrogens (tertiary/aromatic N) is 2. The third-order valence-corrected chi connectivity index (χ3v) is 6.09. The van der Waals surface area contributed by atoms with Gasteiger partial charge in [0.1, 0.15) is 5.75 Å². The Morgan fingerprint density at radius 1 is 1.23 bits per heavy atom. The van der Waals surface area contributed by atoms with Gasteiger partial charge in [0.05, 0.1) is 12.7 Å². The number of ether oxygens (including phenoxy) is 1. The van der Waals surface area contributed by atoms with Crippen LogP contribution in [0, 0.1) is 5.92 Å². The Morgan fingerprint density at radius 2 is 1.97 bits per heavy atom. The maximum Gasteiger partial charge on any atom is 0.416 e. The average Bonchev–Trinajstić information content (AvgIpc) is 3.24. The van der Waals surface area contributed by atoms with Crippen LogP contribution in [0.1, 0.15) is 49.7 Å². The van der Waals surface area contributed by atoms with Gasteiger partial charge < -0.3 is 20.3 Å². The number of amides is 1. The van der Waals surface area contributed by atoms with Crippen LogP contribution < -0.4 is 15.4 Å². The molecule has 1 amide bonds. The van der Waals surface area contributed by atoms with Gasteiger partial charge in [-0.2, -0.15) is 13.2 Å². The van der Waals surface area contributed by atoms with Crippen molar-refractivity contribution in [3.63, 3.8) is 0 Å². The molecule has 1 aliphatic carbocycles. The van der Waals surface area contributed by atoms with Crippen molar-refractivity contribution in [2.24, 2.45) is 10.9 Å². The topological polar surface area (TPSA) is 66.0 Å². The van der Waals surface area contributed by atoms with E-state index in [4.69, 9.17) is 4.74 Å². The molecule has 0 bridgehead atoms. The van der Waals surface area contributed by atoms with Gasteiger partial charge in [-0.1, -0.05) is 25.3 Å². The maximum atomic E-state index is 13.4. The third-order valence-electron chi connectivity index (χ3n) is 6.09. The van der Waals surface area contributed by atoms with Gasteiger partial charge in [0, 0.05) is 38.6 Å². The Balaban J connectivity index is 1.55. The number of nitrogens with one attached hydrogen (secondary N) is 2. The van der Waals surface area contributed by atoms with Crippen LogP contribution >= 0.6 is 0 Å². The Morgan fingerprint density at radius 3 is 2.61 bits per heavy atom. The summed E-state index contributed by atoms with van der Waals surface area (Å²) in [4.78, 5) is 18.8. The number of carbonyl (C=O) groups excluding carboxylic acids is 1. The van der Waals surface area contributed by atoms with Crippen molar-refractivity contribution in [3.8, 4) is 5.75 Å². The van der Waals surface area contributed by atoms with Crippen LogP contribution in [-0.2, 0) is 17.5 Å². The number of methoxy groups -OCH3 is 1. The van der Waals surface area contributed by atoms with Crippen LogP contribution in [0.3, 0.4) is 0 Å². The normalized spacial score (nSPS) is 20.6. The fourth-order valence-corrected chi connectivity index (χ4v) is 4.35. The molecule has 3 rings (SSSR count). The van der Waals surface area contributed by atoms with E-state index in [0.717, 1.165) is 38.2 Å². The molecule has 1 heterocycles. The van der Waals surface area contributed by atoms with Gasteiger partial charge in [-0.05, 0) is 37.0 Å². The minimum Gasteiger partial charge on any atom is -0.497 e. The Hall–Kier alpha value is -2.45. The molecule has 1 saturated carbocycles. The zero-order chi connectivity index (χ0) is 22.4. The SMILES string of the molecule is CN=C(NCc1ccc(OC)cc1C(F)(F)F)NC1CCN(C(=O)C2CCCCC2)C1. The predicted octanol–water partition coefficient (Wildman–Crippen LogP) is 3.56. The number of hydrogen-bond acceptors (Lipinski definition) is 3. The molecule has 2 N–H and O–H groups in total. The highest BCUT2D eigenvalue weighted by molar-refractivity contribution is 5.81. The van der Waals surface area contributed by atoms with Crippen LogP contribution in [0.15, 0.2) is 23.2 Å². The zero-order valence-electron chi connectivity index (χ0n) is 18.1. The van der Waals surface area contributed by atoms with E-state index in [1.54, 1.807) is 7.05 Å². The number of guanidine groups is 1. The molecule has 9 heteroatoms. The van der Waals surface area contributed by atoms with Crippen molar-refractivity contribution in [3.05, 3.63) is 29.3 Å². The van der Waals surface area contributed by atoms with Crippen molar-refractivity contribution < 1.29 is 22.7 Å². The number of rotatable bonds is 5. The van der Waals surface area contributed by atoms with Crippen LogP contribution in [0.5, 0.6) is 5.75 Å². The zero-order valence-corrected chi connectivity index (χ0v) is 18.1. The second-order valence-electron chi connectivity index (χ2n) is 8.20. The molecule has 0 spiro atoms. The first-order chi connectivity index (χ1) is 14.8. The van der Waals surface area contributed by atoms with E-state index in [1.165, 1.54) is 25.7 Å². The van der Waals surface area contributed by atoms with E-state index in [1.807, 2.05) is 4.90 Å². The average molecular weight is 441 g/mol. The smallest absolute Gasteiger partial charge is 0.416 e. The van der Waals surface area contributed by atoms with Crippen molar-refractivity contribution >= 4 is 11.9 Å². The molecular formula is C22H31F3N4O2. The summed E-state index contributed by atoms with van der Waals surface area (Å²) < 4.78 is 45.1. The lowest BCUT2D eigenvalue weighted by molar-refractivity contribution is -0.138. The summed E-state index contributed by atoms with van der Waals surface area (Å²) in [7, 11) is 2.91. The van der Waals surface area contributed by atoms with E-state index < -0.39 is 11.7 Å². The number of benzene rings is 1. The molecule has 2 aliphatic rings. The van der Waals surface area contributed by atoms with E-state index in [-0.39, 0.29) is 35.7 Å². The summed E-state index contributed by atoms with van der Waals surface area (Å²) in [6.07, 6.45) is 1.70. The molecule has 172 valence electrons. The summed E-state index contributed by atoms with van der Waals surface area (Å²) in [5.74, 6) is 0.953. The number of hydrogen-bond donors (Lipinski definition) is 2. The molecular weight excluding hydrogens is 409 g/mol. The highest BCUT2D eigenvalue weighted by Gasteiger charge is 2.34. The fourth-order valence-electron chi connectivity index (χ4n) is 4.35. The molecule has 1 atom stereocenters. The lowest BCUT2D eigenvalue weighted by atomic mass is 9.88. The van der Waals surface area contributed by atoms with Crippen molar-refractivity contribution in [1.82, 2.24) is 15.5 Å². The highest BCUT2D eigenvalue weighted by atomic mass is 19.4. The van der Waals surface area contributed by atoms with Crippen LogP contribution in [0.2, 0.25) is 0 Å². The number of aliphatic imine (C=N–C) groups is 1. The first kappa shape index (κ1) is 23.2. The third kappa shape index (κ3) is 6.04. The fraction of sp³-hybridized carbons (Fsp3) is 0.636. The predicted molar refractivity (Wildman–Crippen MR) is 113 cm³/mol. The molecule has 1 aromatic carbocycles. The molecule has 6 nitrogen and oxygen atoms in total. The minimum absolute atomic E-state index is 0.0247. The van der Waals surface area contributed by atoms with E-state index in [2.05, 4.69) is 15.6 Å². The van der Waals surface area contributed by atoms with Crippen molar-refractivity contribution in [2.75, 3.05) is 27.2 Å². The van der Waals surface area contributed by atoms with Crippen LogP contribution in [0.4, 0.5) is 13.2 Å². The van der Waals surface area contributed by atoms with E-state index in [9.17, 15) is 18.0 Å². The summed E-state index contributed by atoms with van der Waals surface area (Å²) in [6, 6.07) is 3.94. The molecule has 31 heavy (non-hydrogen) atoms. The Kier molecular flexibility index (Phi) is 7.67. The van der Waals surface area contributed by atoms with Crippen LogP contribution in [-0.4, -0.2) is 50.1 Å². The first-order valence-corrected chi connectivity index (χ1v) is 10.8. The second-order valence-corrected chi connectivity index (χ2v) is 8.20. The monoisotopic (exact) mass is 440 g/mol. The lowest BCUT2D eigenvalue weighted by Crippen LogP contribution is -2.45. The second kappa shape index (κ2) is 10.2. The van der Waals surface area contributed by atoms with Crippen molar-refractivity contribution in [1.29, 1.82) is 0 Å². The largest absolute Gasteiger partial charge is 0.497 e. The summed E-state index contributed by atoms with van der Waals surface area (Å²) in [5, 5.41) is 6.21. The minimum atomic E-state index is -4.48. The quantitative estimate of drug-likeness (QED) is 0.543. The molecule has 1 unspecified atom stereocenters. The van der Waals surface area contributed by atoms with Gasteiger partial charge in [0.15, 0.2) is 5.96 Å². The Labute approximate surface area is 181 Å². The molecule has 1 aliphatic heterocycles. The van der Waals surface area contributed by atoms with E-state index >= 15 is 0 Å². The number of halogens is 3. The van der Waals surface area contributed by atoms with E-state index in [0.29, 0.717) is 19.0 Å². The van der Waals surface area contributed by atoms with Gasteiger partial charge >= 0.3 is 6.18 Å². The van der Waals surface area contributed by atoms with Gasteiger partial charge in [-0.15, -0.1) is 0 Å². The first-order valence-electron chi connectivity index (χ1n) is 10.8. The summed E-state index contributed by atoms with van der Waals surface area (Å²) in [6.45, 7) is 1.25. The molecule has 1 saturated heterocycles. The van der Waals surface area contributed by atoms with Gasteiger partial charge in [-0.25, -0.2) is 0 Å².